The Morgan fingerprint density at radius 1 is 1.19 bits per heavy atom. The number of benzene rings is 1. The minimum atomic E-state index is -0.372. The number of azide groups is 1. The summed E-state index contributed by atoms with van der Waals surface area (Å²) in [5.74, 6) is 0.204. The van der Waals surface area contributed by atoms with Crippen molar-refractivity contribution >= 4 is 0 Å². The third-order valence-corrected chi connectivity index (χ3v) is 4.68. The van der Waals surface area contributed by atoms with Gasteiger partial charge in [-0.05, 0) is 36.1 Å². The predicted octanol–water partition coefficient (Wildman–Crippen LogP) is 5.07. The summed E-state index contributed by atoms with van der Waals surface area (Å²) in [6.45, 7) is 2.10. The van der Waals surface area contributed by atoms with Gasteiger partial charge in [0, 0.05) is 29.3 Å². The number of hydrogen-bond donors (Lipinski definition) is 0. The molecular formula is C17H20N4. The van der Waals surface area contributed by atoms with E-state index in [1.807, 2.05) is 6.07 Å². The average molecular weight is 280 g/mol. The Morgan fingerprint density at radius 2 is 1.90 bits per heavy atom. The minimum absolute atomic E-state index is 0.204. The molecule has 0 spiro atoms. The van der Waals surface area contributed by atoms with Crippen molar-refractivity contribution in [1.82, 2.24) is 4.57 Å². The lowest BCUT2D eigenvalue weighted by Gasteiger charge is -2.44. The first-order valence-corrected chi connectivity index (χ1v) is 7.48. The molecule has 1 heterocycles. The summed E-state index contributed by atoms with van der Waals surface area (Å²) < 4.78 is 2.27. The van der Waals surface area contributed by atoms with E-state index >= 15 is 0 Å². The van der Waals surface area contributed by atoms with Crippen LogP contribution in [0.3, 0.4) is 0 Å². The van der Waals surface area contributed by atoms with Crippen molar-refractivity contribution in [3.05, 3.63) is 70.9 Å². The van der Waals surface area contributed by atoms with Gasteiger partial charge < -0.3 is 4.57 Å². The Hall–Kier alpha value is -2.19. The third-order valence-electron chi connectivity index (χ3n) is 4.68. The Bertz CT molecular complexity index is 628. The van der Waals surface area contributed by atoms with Crippen LogP contribution >= 0.6 is 0 Å². The van der Waals surface area contributed by atoms with Crippen LogP contribution in [0, 0.1) is 0 Å². The highest BCUT2D eigenvalue weighted by molar-refractivity contribution is 5.27. The van der Waals surface area contributed by atoms with Crippen LogP contribution in [0.2, 0.25) is 0 Å². The molecule has 0 amide bonds. The number of nitrogens with zero attached hydrogens (tertiary/aromatic N) is 4. The summed E-state index contributed by atoms with van der Waals surface area (Å²) in [4.78, 5) is 3.14. The molecule has 0 radical (unpaired) electrons. The first-order valence-electron chi connectivity index (χ1n) is 7.48. The molecule has 1 saturated carbocycles. The zero-order valence-corrected chi connectivity index (χ0v) is 12.3. The van der Waals surface area contributed by atoms with E-state index in [4.69, 9.17) is 5.53 Å². The van der Waals surface area contributed by atoms with Crippen LogP contribution < -0.4 is 0 Å². The smallest absolute Gasteiger partial charge is 0.0548 e. The first-order chi connectivity index (χ1) is 10.2. The average Bonchev–Trinajstić information content (AvgIpc) is 3.02. The fraction of sp³-hybridized carbons (Fsp3) is 0.412. The molecule has 1 aromatic carbocycles. The van der Waals surface area contributed by atoms with Gasteiger partial charge in [0.2, 0.25) is 0 Å². The summed E-state index contributed by atoms with van der Waals surface area (Å²) >= 11 is 0. The fourth-order valence-electron chi connectivity index (χ4n) is 3.75. The number of hydrogen-bond acceptors (Lipinski definition) is 1. The summed E-state index contributed by atoms with van der Waals surface area (Å²) in [6, 6.07) is 14.9. The molecule has 0 unspecified atom stereocenters. The van der Waals surface area contributed by atoms with E-state index in [9.17, 15) is 0 Å². The maximum atomic E-state index is 9.02. The summed E-state index contributed by atoms with van der Waals surface area (Å²) in [6.07, 6.45) is 7.37. The maximum absolute atomic E-state index is 9.02. The van der Waals surface area contributed by atoms with Crippen molar-refractivity contribution in [2.24, 2.45) is 5.11 Å². The van der Waals surface area contributed by atoms with Crippen molar-refractivity contribution in [3.8, 4) is 0 Å². The van der Waals surface area contributed by atoms with E-state index < -0.39 is 0 Å². The second kappa shape index (κ2) is 5.66. The van der Waals surface area contributed by atoms with Gasteiger partial charge >= 0.3 is 0 Å². The summed E-state index contributed by atoms with van der Waals surface area (Å²) in [5, 5.41) is 4.20. The fourth-order valence-corrected chi connectivity index (χ4v) is 3.75. The van der Waals surface area contributed by atoms with Gasteiger partial charge in [-0.3, -0.25) is 0 Å². The lowest BCUT2D eigenvalue weighted by Crippen LogP contribution is -2.40. The molecule has 2 aromatic rings. The highest BCUT2D eigenvalue weighted by Gasteiger charge is 2.43. The lowest BCUT2D eigenvalue weighted by molar-refractivity contribution is 0.198. The lowest BCUT2D eigenvalue weighted by atomic mass is 9.68. The summed E-state index contributed by atoms with van der Waals surface area (Å²) in [7, 11) is 0. The van der Waals surface area contributed by atoms with Crippen LogP contribution in [-0.2, 0) is 0 Å². The zero-order chi connectivity index (χ0) is 14.7. The molecular weight excluding hydrogens is 260 g/mol. The second-order valence-electron chi connectivity index (χ2n) is 6.02. The minimum Gasteiger partial charge on any atom is -0.351 e. The van der Waals surface area contributed by atoms with E-state index in [1.54, 1.807) is 0 Å². The Kier molecular flexibility index (Phi) is 3.72. The molecule has 0 saturated heterocycles. The van der Waals surface area contributed by atoms with Gasteiger partial charge in [-0.25, -0.2) is 0 Å². The molecule has 0 bridgehead atoms. The van der Waals surface area contributed by atoms with Crippen LogP contribution in [0.25, 0.3) is 10.4 Å². The quantitative estimate of drug-likeness (QED) is 0.428. The van der Waals surface area contributed by atoms with Gasteiger partial charge in [0.25, 0.3) is 0 Å². The van der Waals surface area contributed by atoms with Gasteiger partial charge in [0.15, 0.2) is 0 Å². The van der Waals surface area contributed by atoms with Crippen LogP contribution in [0.5, 0.6) is 0 Å². The van der Waals surface area contributed by atoms with Crippen LogP contribution in [-0.4, -0.2) is 10.1 Å². The molecule has 4 nitrogen and oxygen atoms in total. The van der Waals surface area contributed by atoms with Crippen molar-refractivity contribution < 1.29 is 0 Å². The van der Waals surface area contributed by atoms with E-state index in [-0.39, 0.29) is 11.5 Å². The van der Waals surface area contributed by atoms with E-state index in [1.165, 1.54) is 5.56 Å². The molecule has 3 atom stereocenters. The molecule has 0 aliphatic heterocycles. The van der Waals surface area contributed by atoms with Crippen LogP contribution in [0.1, 0.15) is 43.7 Å². The monoisotopic (exact) mass is 280 g/mol. The van der Waals surface area contributed by atoms with Gasteiger partial charge in [-0.1, -0.05) is 48.8 Å². The largest absolute Gasteiger partial charge is 0.351 e. The van der Waals surface area contributed by atoms with Gasteiger partial charge in [0.05, 0.1) is 5.54 Å². The van der Waals surface area contributed by atoms with Crippen molar-refractivity contribution in [2.75, 3.05) is 0 Å². The van der Waals surface area contributed by atoms with Gasteiger partial charge in [0.1, 0.15) is 0 Å². The normalized spacial score (nSPS) is 28.8. The Balaban J connectivity index is 2.09. The molecule has 108 valence electrons. The van der Waals surface area contributed by atoms with Crippen molar-refractivity contribution in [3.63, 3.8) is 0 Å². The number of rotatable bonds is 3. The van der Waals surface area contributed by atoms with E-state index in [0.29, 0.717) is 6.04 Å². The second-order valence-corrected chi connectivity index (χ2v) is 6.02. The molecule has 1 aliphatic carbocycles. The molecule has 4 heteroatoms. The standard InChI is InChI=1S/C17H20N4/c1-17(19-20-18)11-7-10-15(21-12-5-6-13-21)16(17)14-8-3-2-4-9-14/h2-6,8-9,12-13,15-16H,7,10-11H2,1H3/t15-,16-,17-/m0/s1. The van der Waals surface area contributed by atoms with Gasteiger partial charge in [-0.15, -0.1) is 0 Å². The topological polar surface area (TPSA) is 53.7 Å². The van der Waals surface area contributed by atoms with Crippen molar-refractivity contribution in [2.45, 2.75) is 43.7 Å². The van der Waals surface area contributed by atoms with E-state index in [2.05, 4.69) is 70.3 Å². The van der Waals surface area contributed by atoms with Crippen LogP contribution in [0.15, 0.2) is 60.0 Å². The molecule has 1 aliphatic rings. The maximum Gasteiger partial charge on any atom is 0.0548 e. The van der Waals surface area contributed by atoms with Crippen molar-refractivity contribution in [1.29, 1.82) is 0 Å². The van der Waals surface area contributed by atoms with Crippen LogP contribution in [0.4, 0.5) is 0 Å². The SMILES string of the molecule is C[C@]1(N=[N+]=[N-])CCC[C@H](n2cccc2)[C@@H]1c1ccccc1. The number of aromatic nitrogens is 1. The Morgan fingerprint density at radius 3 is 2.57 bits per heavy atom. The molecule has 0 N–H and O–H groups in total. The molecule has 1 fully saturated rings. The third kappa shape index (κ3) is 2.55. The Labute approximate surface area is 125 Å². The van der Waals surface area contributed by atoms with E-state index in [0.717, 1.165) is 19.3 Å². The predicted molar refractivity (Wildman–Crippen MR) is 84.1 cm³/mol. The molecule has 21 heavy (non-hydrogen) atoms. The highest BCUT2D eigenvalue weighted by Crippen LogP contribution is 2.49. The molecule has 1 aromatic heterocycles. The summed E-state index contributed by atoms with van der Waals surface area (Å²) in [5.41, 5.74) is 9.90. The zero-order valence-electron chi connectivity index (χ0n) is 12.3. The first kappa shape index (κ1) is 13.8. The highest BCUT2D eigenvalue weighted by atomic mass is 15.2. The molecule has 3 rings (SSSR count). The van der Waals surface area contributed by atoms with Gasteiger partial charge in [-0.2, -0.15) is 0 Å².